The summed E-state index contributed by atoms with van der Waals surface area (Å²) in [7, 11) is 0. The summed E-state index contributed by atoms with van der Waals surface area (Å²) in [6.45, 7) is 5.59. The highest BCUT2D eigenvalue weighted by Crippen LogP contribution is 2.38. The van der Waals surface area contributed by atoms with E-state index in [1.165, 1.54) is 6.07 Å². The minimum atomic E-state index is -1.33. The number of pyridine rings is 2. The highest BCUT2D eigenvalue weighted by atomic mass is 19.1. The van der Waals surface area contributed by atoms with Gasteiger partial charge in [-0.1, -0.05) is 26.3 Å². The summed E-state index contributed by atoms with van der Waals surface area (Å²) in [5.41, 5.74) is 2.98. The van der Waals surface area contributed by atoms with Gasteiger partial charge in [-0.2, -0.15) is 10.2 Å². The van der Waals surface area contributed by atoms with Crippen LogP contribution in [-0.4, -0.2) is 67.5 Å². The number of nitrogens with zero attached hydrogens (tertiary/aromatic N) is 5. The van der Waals surface area contributed by atoms with Crippen LogP contribution in [0.4, 0.5) is 8.78 Å². The molecule has 8 nitrogen and oxygen atoms in total. The van der Waals surface area contributed by atoms with Crippen molar-refractivity contribution in [1.29, 1.82) is 0 Å². The van der Waals surface area contributed by atoms with E-state index in [0.717, 1.165) is 66.9 Å². The molecule has 2 unspecified atom stereocenters. The average molecular weight is 629 g/mol. The van der Waals surface area contributed by atoms with Gasteiger partial charge in [0.05, 0.1) is 24.1 Å². The predicted octanol–water partition coefficient (Wildman–Crippen LogP) is 6.18. The van der Waals surface area contributed by atoms with Crippen LogP contribution in [-0.2, 0) is 12.8 Å². The lowest BCUT2D eigenvalue weighted by molar-refractivity contribution is 0.0821. The Morgan fingerprint density at radius 2 is 2.02 bits per heavy atom. The molecule has 4 heterocycles. The van der Waals surface area contributed by atoms with E-state index in [1.54, 1.807) is 30.7 Å². The van der Waals surface area contributed by atoms with Crippen molar-refractivity contribution in [3.05, 3.63) is 83.2 Å². The number of likely N-dealkylation sites (tertiary alicyclic amines) is 1. The summed E-state index contributed by atoms with van der Waals surface area (Å²) in [6, 6.07) is 10.3. The monoisotopic (exact) mass is 628 g/mol. The molecule has 0 bridgehead atoms. The van der Waals surface area contributed by atoms with E-state index in [-0.39, 0.29) is 36.1 Å². The Hall–Kier alpha value is -3.89. The van der Waals surface area contributed by atoms with Crippen molar-refractivity contribution in [2.24, 2.45) is 5.92 Å². The zero-order valence-electron chi connectivity index (χ0n) is 26.6. The van der Waals surface area contributed by atoms with Gasteiger partial charge in [-0.25, -0.2) is 13.8 Å². The summed E-state index contributed by atoms with van der Waals surface area (Å²) >= 11 is 0. The van der Waals surface area contributed by atoms with E-state index < -0.39 is 17.4 Å². The SMILES string of the molecule is CC(C)[C@]1(F)CCc2nc3c(F)cc(C(=O)NC(CCN4CCCCC4CCO)c4ccc(-c5ccnnc5)nc4)cc3cc2C1. The molecule has 3 atom stereocenters. The Kier molecular flexibility index (Phi) is 9.65. The highest BCUT2D eigenvalue weighted by Gasteiger charge is 2.38. The molecule has 0 radical (unpaired) electrons. The maximum Gasteiger partial charge on any atom is 0.251 e. The van der Waals surface area contributed by atoms with Gasteiger partial charge in [0.25, 0.3) is 5.91 Å². The smallest absolute Gasteiger partial charge is 0.251 e. The number of aryl methyl sites for hydroxylation is 1. The first kappa shape index (κ1) is 32.1. The summed E-state index contributed by atoms with van der Waals surface area (Å²) in [5.74, 6) is -1.12. The van der Waals surface area contributed by atoms with Gasteiger partial charge in [-0.05, 0) is 92.4 Å². The van der Waals surface area contributed by atoms with Gasteiger partial charge in [-0.3, -0.25) is 9.78 Å². The topological polar surface area (TPSA) is 104 Å². The van der Waals surface area contributed by atoms with Crippen molar-refractivity contribution >= 4 is 16.8 Å². The van der Waals surface area contributed by atoms with Crippen LogP contribution in [0, 0.1) is 11.7 Å². The maximum atomic E-state index is 15.6. The number of nitrogens with one attached hydrogen (secondary N) is 1. The molecule has 1 amide bonds. The number of alkyl halides is 1. The van der Waals surface area contributed by atoms with Crippen LogP contribution in [0.15, 0.2) is 55.0 Å². The number of fused-ring (bicyclic) bond motifs is 2. The van der Waals surface area contributed by atoms with Gasteiger partial charge in [0.15, 0.2) is 0 Å². The van der Waals surface area contributed by atoms with Gasteiger partial charge in [0.1, 0.15) is 17.0 Å². The quantitative estimate of drug-likeness (QED) is 0.216. The first-order valence-corrected chi connectivity index (χ1v) is 16.4. The van der Waals surface area contributed by atoms with Crippen molar-refractivity contribution in [3.63, 3.8) is 0 Å². The first-order chi connectivity index (χ1) is 22.2. The number of halogens is 2. The van der Waals surface area contributed by atoms with Crippen molar-refractivity contribution in [2.45, 2.75) is 83.0 Å². The van der Waals surface area contributed by atoms with Crippen LogP contribution in [0.2, 0.25) is 0 Å². The van der Waals surface area contributed by atoms with Gasteiger partial charge in [0.2, 0.25) is 0 Å². The number of hydrogen-bond donors (Lipinski definition) is 2. The summed E-state index contributed by atoms with van der Waals surface area (Å²) in [4.78, 5) is 25.4. The molecule has 6 rings (SSSR count). The molecule has 0 saturated carbocycles. The molecule has 2 N–H and O–H groups in total. The Balaban J connectivity index is 1.27. The standard InChI is InChI=1S/C36H42F2N6O2/c1-23(2)36(38)12-8-32-28(20-36)18-26-17-27(19-30(37)34(26)42-32)35(46)43-33(10-15-44-14-4-3-5-29(44)11-16-45)24-6-7-31(39-21-24)25-9-13-40-41-22-25/h6-7,9,13,17-19,21-23,29,33,45H,3-5,8,10-12,14-16,20H2,1-2H3,(H,43,46)/t29?,33?,36-/m0/s1. The molecule has 242 valence electrons. The molecule has 3 aromatic heterocycles. The Labute approximate surface area is 268 Å². The van der Waals surface area contributed by atoms with Crippen LogP contribution in [0.3, 0.4) is 0 Å². The van der Waals surface area contributed by atoms with Gasteiger partial charge in [0, 0.05) is 54.0 Å². The molecule has 0 spiro atoms. The summed E-state index contributed by atoms with van der Waals surface area (Å²) in [6.07, 6.45) is 10.7. The minimum Gasteiger partial charge on any atom is -0.396 e. The van der Waals surface area contributed by atoms with Crippen molar-refractivity contribution in [3.8, 4) is 11.3 Å². The largest absolute Gasteiger partial charge is 0.396 e. The number of aliphatic hydroxyl groups excluding tert-OH is 1. The second-order valence-corrected chi connectivity index (χ2v) is 13.1. The number of carbonyl (C=O) groups excluding carboxylic acids is 1. The zero-order chi connectivity index (χ0) is 32.3. The van der Waals surface area contributed by atoms with Crippen LogP contribution in [0.5, 0.6) is 0 Å². The van der Waals surface area contributed by atoms with E-state index >= 15 is 8.78 Å². The zero-order valence-corrected chi connectivity index (χ0v) is 26.6. The van der Waals surface area contributed by atoms with E-state index in [1.807, 2.05) is 32.0 Å². The van der Waals surface area contributed by atoms with Crippen LogP contribution in [0.25, 0.3) is 22.2 Å². The Morgan fingerprint density at radius 3 is 2.76 bits per heavy atom. The lowest BCUT2D eigenvalue weighted by atomic mass is 9.77. The fraction of sp³-hybridized carbons (Fsp3) is 0.472. The van der Waals surface area contributed by atoms with E-state index in [0.29, 0.717) is 30.7 Å². The molecule has 4 aromatic rings. The summed E-state index contributed by atoms with van der Waals surface area (Å²) in [5, 5.41) is 21.0. The third-order valence-electron chi connectivity index (χ3n) is 9.89. The molecule has 1 saturated heterocycles. The minimum absolute atomic E-state index is 0.143. The van der Waals surface area contributed by atoms with Crippen molar-refractivity contribution < 1.29 is 18.7 Å². The van der Waals surface area contributed by atoms with Crippen LogP contribution < -0.4 is 5.32 Å². The van der Waals surface area contributed by atoms with Gasteiger partial charge >= 0.3 is 0 Å². The second kappa shape index (κ2) is 13.8. The lowest BCUT2D eigenvalue weighted by Gasteiger charge is -2.36. The average Bonchev–Trinajstić information content (AvgIpc) is 3.07. The Bertz CT molecular complexity index is 1670. The number of rotatable bonds is 10. The third kappa shape index (κ3) is 6.93. The third-order valence-corrected chi connectivity index (χ3v) is 9.89. The molecule has 1 aliphatic heterocycles. The molecular weight excluding hydrogens is 586 g/mol. The normalized spacial score (nSPS) is 20.9. The number of aromatic nitrogens is 4. The number of hydrogen-bond acceptors (Lipinski definition) is 7. The first-order valence-electron chi connectivity index (χ1n) is 16.4. The van der Waals surface area contributed by atoms with Crippen LogP contribution >= 0.6 is 0 Å². The van der Waals surface area contributed by atoms with Gasteiger partial charge < -0.3 is 15.3 Å². The van der Waals surface area contributed by atoms with E-state index in [2.05, 4.69) is 30.4 Å². The van der Waals surface area contributed by atoms with Crippen LogP contribution in [0.1, 0.15) is 85.6 Å². The number of amides is 1. The number of aliphatic hydroxyl groups is 1. The predicted molar refractivity (Wildman–Crippen MR) is 173 cm³/mol. The highest BCUT2D eigenvalue weighted by molar-refractivity contribution is 5.98. The van der Waals surface area contributed by atoms with Crippen molar-refractivity contribution in [1.82, 2.24) is 30.4 Å². The fourth-order valence-electron chi connectivity index (χ4n) is 6.96. The molecule has 1 aromatic carbocycles. The van der Waals surface area contributed by atoms with E-state index in [9.17, 15) is 9.90 Å². The van der Waals surface area contributed by atoms with Crippen molar-refractivity contribution in [2.75, 3.05) is 19.7 Å². The fourth-order valence-corrected chi connectivity index (χ4v) is 6.96. The van der Waals surface area contributed by atoms with E-state index in [4.69, 9.17) is 0 Å². The summed E-state index contributed by atoms with van der Waals surface area (Å²) < 4.78 is 31.0. The number of benzene rings is 1. The molecule has 10 heteroatoms. The molecule has 1 fully saturated rings. The molecule has 2 aliphatic rings. The Morgan fingerprint density at radius 1 is 1.15 bits per heavy atom. The second-order valence-electron chi connectivity index (χ2n) is 13.1. The van der Waals surface area contributed by atoms with Gasteiger partial charge in [-0.15, -0.1) is 0 Å². The molecular formula is C36H42F2N6O2. The lowest BCUT2D eigenvalue weighted by Crippen LogP contribution is -2.42. The number of piperidine rings is 1. The maximum absolute atomic E-state index is 15.6. The molecule has 46 heavy (non-hydrogen) atoms. The molecule has 1 aliphatic carbocycles. The number of carbonyl (C=O) groups is 1.